The van der Waals surface area contributed by atoms with Crippen molar-refractivity contribution in [3.63, 3.8) is 0 Å². The highest BCUT2D eigenvalue weighted by atomic mass is 16.4. The van der Waals surface area contributed by atoms with E-state index >= 15 is 0 Å². The molecule has 1 aromatic heterocycles. The predicted octanol–water partition coefficient (Wildman–Crippen LogP) is 1.86. The molecular formula is C15H23N3O3. The van der Waals surface area contributed by atoms with Crippen LogP contribution >= 0.6 is 0 Å². The molecule has 1 aromatic rings. The number of aliphatic carboxylic acids is 1. The van der Waals surface area contributed by atoms with Crippen molar-refractivity contribution in [2.45, 2.75) is 32.7 Å². The minimum Gasteiger partial charge on any atom is -0.480 e. The molecule has 2 amide bonds. The van der Waals surface area contributed by atoms with Gasteiger partial charge in [0.1, 0.15) is 6.54 Å². The SMILES string of the molecule is CN(CCc1ccccn1)C(=O)N(CC(=O)O)C(C)(C)C. The fraction of sp³-hybridized carbons (Fsp3) is 0.533. The van der Waals surface area contributed by atoms with Crippen LogP contribution in [0.2, 0.25) is 0 Å². The van der Waals surface area contributed by atoms with E-state index in [2.05, 4.69) is 4.98 Å². The van der Waals surface area contributed by atoms with Gasteiger partial charge in [-0.25, -0.2) is 4.79 Å². The largest absolute Gasteiger partial charge is 0.480 e. The number of carbonyl (C=O) groups excluding carboxylic acids is 1. The Morgan fingerprint density at radius 3 is 2.43 bits per heavy atom. The fourth-order valence-electron chi connectivity index (χ4n) is 1.86. The molecule has 0 atom stereocenters. The molecule has 0 fully saturated rings. The standard InChI is InChI=1S/C15H23N3O3/c1-15(2,3)18(11-13(19)20)14(21)17(4)10-8-12-7-5-6-9-16-12/h5-7,9H,8,10-11H2,1-4H3,(H,19,20). The molecule has 0 aliphatic carbocycles. The number of hydrogen-bond acceptors (Lipinski definition) is 3. The van der Waals surface area contributed by atoms with Gasteiger partial charge in [-0.2, -0.15) is 0 Å². The van der Waals surface area contributed by atoms with Gasteiger partial charge < -0.3 is 14.9 Å². The van der Waals surface area contributed by atoms with E-state index in [1.807, 2.05) is 39.0 Å². The summed E-state index contributed by atoms with van der Waals surface area (Å²) >= 11 is 0. The van der Waals surface area contributed by atoms with Gasteiger partial charge in [-0.1, -0.05) is 6.07 Å². The average Bonchev–Trinajstić information content (AvgIpc) is 2.41. The molecular weight excluding hydrogens is 270 g/mol. The van der Waals surface area contributed by atoms with Crippen molar-refractivity contribution in [3.8, 4) is 0 Å². The van der Waals surface area contributed by atoms with Gasteiger partial charge in [0.15, 0.2) is 0 Å². The molecule has 0 aliphatic heterocycles. The summed E-state index contributed by atoms with van der Waals surface area (Å²) < 4.78 is 0. The number of aromatic nitrogens is 1. The van der Waals surface area contributed by atoms with Crippen LogP contribution in [0.4, 0.5) is 4.79 Å². The number of urea groups is 1. The van der Waals surface area contributed by atoms with Crippen molar-refractivity contribution in [2.75, 3.05) is 20.1 Å². The van der Waals surface area contributed by atoms with Crippen LogP contribution in [0, 0.1) is 0 Å². The summed E-state index contributed by atoms with van der Waals surface area (Å²) in [7, 11) is 1.67. The highest BCUT2D eigenvalue weighted by Gasteiger charge is 2.30. The van der Waals surface area contributed by atoms with Crippen LogP contribution in [-0.2, 0) is 11.2 Å². The van der Waals surface area contributed by atoms with Crippen LogP contribution in [0.1, 0.15) is 26.5 Å². The lowest BCUT2D eigenvalue weighted by molar-refractivity contribution is -0.138. The smallest absolute Gasteiger partial charge is 0.323 e. The van der Waals surface area contributed by atoms with E-state index in [9.17, 15) is 9.59 Å². The summed E-state index contributed by atoms with van der Waals surface area (Å²) in [4.78, 5) is 30.4. The molecule has 0 spiro atoms. The first-order chi connectivity index (χ1) is 9.71. The monoisotopic (exact) mass is 293 g/mol. The fourth-order valence-corrected chi connectivity index (χ4v) is 1.86. The Balaban J connectivity index is 2.68. The number of pyridine rings is 1. The lowest BCUT2D eigenvalue weighted by Crippen LogP contribution is -2.53. The molecule has 0 saturated heterocycles. The number of nitrogens with zero attached hydrogens (tertiary/aromatic N) is 3. The van der Waals surface area contributed by atoms with Crippen LogP contribution in [-0.4, -0.2) is 57.6 Å². The van der Waals surface area contributed by atoms with Gasteiger partial charge in [-0.15, -0.1) is 0 Å². The Labute approximate surface area is 125 Å². The maximum atomic E-state index is 12.4. The maximum Gasteiger partial charge on any atom is 0.323 e. The van der Waals surface area contributed by atoms with Gasteiger partial charge in [0.05, 0.1) is 0 Å². The van der Waals surface area contributed by atoms with Gasteiger partial charge in [0, 0.05) is 37.4 Å². The van der Waals surface area contributed by atoms with Gasteiger partial charge >= 0.3 is 12.0 Å². The van der Waals surface area contributed by atoms with Crippen molar-refractivity contribution in [3.05, 3.63) is 30.1 Å². The van der Waals surface area contributed by atoms with Gasteiger partial charge in [-0.3, -0.25) is 9.78 Å². The van der Waals surface area contributed by atoms with Gasteiger partial charge in [0.2, 0.25) is 0 Å². The predicted molar refractivity (Wildman–Crippen MR) is 80.1 cm³/mol. The molecule has 21 heavy (non-hydrogen) atoms. The molecule has 1 rings (SSSR count). The van der Waals surface area contributed by atoms with Crippen molar-refractivity contribution in [2.24, 2.45) is 0 Å². The number of carbonyl (C=O) groups is 2. The Bertz CT molecular complexity index is 483. The summed E-state index contributed by atoms with van der Waals surface area (Å²) in [5, 5.41) is 8.96. The first-order valence-corrected chi connectivity index (χ1v) is 6.86. The molecule has 0 radical (unpaired) electrons. The van der Waals surface area contributed by atoms with Crippen LogP contribution < -0.4 is 0 Å². The first-order valence-electron chi connectivity index (χ1n) is 6.86. The maximum absolute atomic E-state index is 12.4. The second-order valence-corrected chi connectivity index (χ2v) is 5.93. The third-order valence-electron chi connectivity index (χ3n) is 3.09. The van der Waals surface area contributed by atoms with Crippen LogP contribution in [0.25, 0.3) is 0 Å². The Morgan fingerprint density at radius 1 is 1.29 bits per heavy atom. The summed E-state index contributed by atoms with van der Waals surface area (Å²) in [5.74, 6) is -1.02. The lowest BCUT2D eigenvalue weighted by Gasteiger charge is -2.37. The molecule has 1 heterocycles. The third kappa shape index (κ3) is 5.41. The topological polar surface area (TPSA) is 73.7 Å². The van der Waals surface area contributed by atoms with Crippen LogP contribution in [0.5, 0.6) is 0 Å². The molecule has 6 heteroatoms. The van der Waals surface area contributed by atoms with Crippen molar-refractivity contribution < 1.29 is 14.7 Å². The highest BCUT2D eigenvalue weighted by molar-refractivity contribution is 5.80. The first kappa shape index (κ1) is 16.9. The van der Waals surface area contributed by atoms with E-state index in [-0.39, 0.29) is 12.6 Å². The van der Waals surface area contributed by atoms with E-state index in [1.165, 1.54) is 9.80 Å². The molecule has 0 aliphatic rings. The molecule has 116 valence electrons. The molecule has 0 unspecified atom stereocenters. The zero-order valence-electron chi connectivity index (χ0n) is 13.0. The highest BCUT2D eigenvalue weighted by Crippen LogP contribution is 2.15. The van der Waals surface area contributed by atoms with E-state index in [0.717, 1.165) is 5.69 Å². The zero-order valence-corrected chi connectivity index (χ0v) is 13.0. The number of likely N-dealkylation sites (N-methyl/N-ethyl adjacent to an activating group) is 1. The van der Waals surface area contributed by atoms with Crippen molar-refractivity contribution >= 4 is 12.0 Å². The summed E-state index contributed by atoms with van der Waals surface area (Å²) in [6.07, 6.45) is 2.34. The molecule has 0 saturated carbocycles. The number of hydrogen-bond donors (Lipinski definition) is 1. The number of carboxylic acids is 1. The molecule has 0 bridgehead atoms. The Morgan fingerprint density at radius 2 is 1.95 bits per heavy atom. The normalized spacial score (nSPS) is 11.0. The quantitative estimate of drug-likeness (QED) is 0.899. The Hall–Kier alpha value is -2.11. The van der Waals surface area contributed by atoms with Crippen LogP contribution in [0.15, 0.2) is 24.4 Å². The minimum absolute atomic E-state index is 0.291. The summed E-state index contributed by atoms with van der Waals surface area (Å²) in [5.41, 5.74) is 0.354. The molecule has 0 aromatic carbocycles. The molecule has 6 nitrogen and oxygen atoms in total. The average molecular weight is 293 g/mol. The lowest BCUT2D eigenvalue weighted by atomic mass is 10.1. The molecule has 1 N–H and O–H groups in total. The Kier molecular flexibility index (Phi) is 5.69. The summed E-state index contributed by atoms with van der Waals surface area (Å²) in [6.45, 7) is 5.64. The number of amides is 2. The van der Waals surface area contributed by atoms with E-state index < -0.39 is 11.5 Å². The van der Waals surface area contributed by atoms with Crippen molar-refractivity contribution in [1.29, 1.82) is 0 Å². The van der Waals surface area contributed by atoms with E-state index in [4.69, 9.17) is 5.11 Å². The summed E-state index contributed by atoms with van der Waals surface area (Å²) in [6, 6.07) is 5.35. The second-order valence-electron chi connectivity index (χ2n) is 5.93. The van der Waals surface area contributed by atoms with E-state index in [1.54, 1.807) is 13.2 Å². The van der Waals surface area contributed by atoms with Crippen molar-refractivity contribution in [1.82, 2.24) is 14.8 Å². The van der Waals surface area contributed by atoms with Gasteiger partial charge in [0.25, 0.3) is 0 Å². The van der Waals surface area contributed by atoms with Crippen LogP contribution in [0.3, 0.4) is 0 Å². The number of rotatable bonds is 5. The zero-order chi connectivity index (χ0) is 16.0. The third-order valence-corrected chi connectivity index (χ3v) is 3.09. The minimum atomic E-state index is -1.02. The second kappa shape index (κ2) is 7.06. The number of carboxylic acid groups (broad SMARTS) is 1. The van der Waals surface area contributed by atoms with E-state index in [0.29, 0.717) is 13.0 Å². The van der Waals surface area contributed by atoms with Gasteiger partial charge in [-0.05, 0) is 32.9 Å².